The van der Waals surface area contributed by atoms with Gasteiger partial charge in [-0.15, -0.1) is 0 Å². The van der Waals surface area contributed by atoms with E-state index in [-0.39, 0.29) is 0 Å². The number of ether oxygens (including phenoxy) is 1. The van der Waals surface area contributed by atoms with E-state index in [1.54, 1.807) is 7.11 Å². The molecule has 0 saturated carbocycles. The van der Waals surface area contributed by atoms with Crippen LogP contribution in [0.2, 0.25) is 0 Å². The zero-order chi connectivity index (χ0) is 17.8. The van der Waals surface area contributed by atoms with Gasteiger partial charge in [0.05, 0.1) is 12.8 Å². The van der Waals surface area contributed by atoms with Gasteiger partial charge in [0.2, 0.25) is 5.95 Å². The van der Waals surface area contributed by atoms with Crippen LogP contribution in [0, 0.1) is 13.8 Å². The SMILES string of the molecule is COc1cccc(Nc2cc(C)nc(Nc3ccc(C)cc3Br)n2)c1. The third-order valence-electron chi connectivity index (χ3n) is 3.57. The Bertz CT molecular complexity index is 898. The van der Waals surface area contributed by atoms with Gasteiger partial charge in [-0.05, 0) is 59.6 Å². The molecule has 0 aliphatic rings. The average molecular weight is 399 g/mol. The van der Waals surface area contributed by atoms with Crippen LogP contribution >= 0.6 is 15.9 Å². The maximum Gasteiger partial charge on any atom is 0.229 e. The Kier molecular flexibility index (Phi) is 5.19. The van der Waals surface area contributed by atoms with E-state index in [0.29, 0.717) is 11.8 Å². The van der Waals surface area contributed by atoms with Crippen molar-refractivity contribution in [1.29, 1.82) is 0 Å². The van der Waals surface area contributed by atoms with Gasteiger partial charge in [-0.3, -0.25) is 0 Å². The first-order valence-electron chi connectivity index (χ1n) is 7.83. The van der Waals surface area contributed by atoms with E-state index in [1.807, 2.05) is 62.4 Å². The summed E-state index contributed by atoms with van der Waals surface area (Å²) in [7, 11) is 1.65. The molecule has 2 aromatic carbocycles. The van der Waals surface area contributed by atoms with Crippen molar-refractivity contribution in [3.8, 4) is 5.75 Å². The Labute approximate surface area is 155 Å². The molecule has 1 aromatic heterocycles. The topological polar surface area (TPSA) is 59.1 Å². The first-order valence-corrected chi connectivity index (χ1v) is 8.63. The summed E-state index contributed by atoms with van der Waals surface area (Å²) in [5, 5.41) is 6.54. The van der Waals surface area contributed by atoms with E-state index in [0.717, 1.165) is 27.3 Å². The number of hydrogen-bond donors (Lipinski definition) is 2. The number of aromatic nitrogens is 2. The van der Waals surface area contributed by atoms with Crippen molar-refractivity contribution in [2.24, 2.45) is 0 Å². The van der Waals surface area contributed by atoms with E-state index in [9.17, 15) is 0 Å². The fourth-order valence-corrected chi connectivity index (χ4v) is 2.97. The second-order valence-electron chi connectivity index (χ2n) is 5.68. The summed E-state index contributed by atoms with van der Waals surface area (Å²) in [5.41, 5.74) is 3.87. The second-order valence-corrected chi connectivity index (χ2v) is 6.54. The summed E-state index contributed by atoms with van der Waals surface area (Å²) >= 11 is 3.56. The van der Waals surface area contributed by atoms with E-state index in [4.69, 9.17) is 4.74 Å². The number of hydrogen-bond acceptors (Lipinski definition) is 5. The smallest absolute Gasteiger partial charge is 0.229 e. The highest BCUT2D eigenvalue weighted by molar-refractivity contribution is 9.10. The zero-order valence-corrected chi connectivity index (χ0v) is 15.9. The molecule has 0 spiro atoms. The summed E-state index contributed by atoms with van der Waals surface area (Å²) in [4.78, 5) is 9.01. The highest BCUT2D eigenvalue weighted by Crippen LogP contribution is 2.27. The molecule has 25 heavy (non-hydrogen) atoms. The minimum Gasteiger partial charge on any atom is -0.497 e. The summed E-state index contributed by atoms with van der Waals surface area (Å²) in [5.74, 6) is 2.04. The van der Waals surface area contributed by atoms with Crippen LogP contribution in [0.25, 0.3) is 0 Å². The highest BCUT2D eigenvalue weighted by atomic mass is 79.9. The van der Waals surface area contributed by atoms with Crippen LogP contribution in [0.4, 0.5) is 23.1 Å². The Morgan fingerprint density at radius 1 is 0.960 bits per heavy atom. The number of methoxy groups -OCH3 is 1. The molecule has 128 valence electrons. The van der Waals surface area contributed by atoms with Gasteiger partial charge in [-0.1, -0.05) is 12.1 Å². The van der Waals surface area contributed by atoms with E-state index >= 15 is 0 Å². The van der Waals surface area contributed by atoms with E-state index < -0.39 is 0 Å². The fraction of sp³-hybridized carbons (Fsp3) is 0.158. The molecule has 1 heterocycles. The lowest BCUT2D eigenvalue weighted by atomic mass is 10.2. The van der Waals surface area contributed by atoms with Crippen LogP contribution in [-0.4, -0.2) is 17.1 Å². The molecular weight excluding hydrogens is 380 g/mol. The maximum atomic E-state index is 5.25. The van der Waals surface area contributed by atoms with Crippen LogP contribution in [0.15, 0.2) is 53.0 Å². The Balaban J connectivity index is 1.84. The lowest BCUT2D eigenvalue weighted by Gasteiger charge is -2.12. The predicted octanol–water partition coefficient (Wildman–Crippen LogP) is 5.35. The second kappa shape index (κ2) is 7.53. The van der Waals surface area contributed by atoms with Gasteiger partial charge >= 0.3 is 0 Å². The Hall–Kier alpha value is -2.60. The van der Waals surface area contributed by atoms with Gasteiger partial charge in [-0.2, -0.15) is 4.98 Å². The van der Waals surface area contributed by atoms with Crippen LogP contribution in [0.1, 0.15) is 11.3 Å². The Morgan fingerprint density at radius 2 is 1.80 bits per heavy atom. The number of aryl methyl sites for hydroxylation is 2. The van der Waals surface area contributed by atoms with Gasteiger partial charge in [0, 0.05) is 28.0 Å². The van der Waals surface area contributed by atoms with Gasteiger partial charge in [-0.25, -0.2) is 4.98 Å². The summed E-state index contributed by atoms with van der Waals surface area (Å²) in [6, 6.07) is 15.7. The van der Waals surface area contributed by atoms with E-state index in [2.05, 4.69) is 36.5 Å². The zero-order valence-electron chi connectivity index (χ0n) is 14.3. The molecule has 0 atom stereocenters. The van der Waals surface area contributed by atoms with Crippen LogP contribution in [0.5, 0.6) is 5.75 Å². The molecule has 2 N–H and O–H groups in total. The van der Waals surface area contributed by atoms with Gasteiger partial charge in [0.1, 0.15) is 11.6 Å². The maximum absolute atomic E-state index is 5.25. The van der Waals surface area contributed by atoms with Crippen molar-refractivity contribution >= 4 is 39.1 Å². The number of nitrogens with zero attached hydrogens (tertiary/aromatic N) is 2. The lowest BCUT2D eigenvalue weighted by molar-refractivity contribution is 0.415. The first kappa shape index (κ1) is 17.2. The molecule has 0 aliphatic carbocycles. The highest BCUT2D eigenvalue weighted by Gasteiger charge is 2.06. The van der Waals surface area contributed by atoms with Crippen molar-refractivity contribution in [3.05, 3.63) is 64.3 Å². The third-order valence-corrected chi connectivity index (χ3v) is 4.22. The first-order chi connectivity index (χ1) is 12.0. The number of halogens is 1. The standard InChI is InChI=1S/C19H19BrN4O/c1-12-7-8-17(16(20)9-12)23-19-21-13(2)10-18(24-19)22-14-5-4-6-15(11-14)25-3/h4-11H,1-3H3,(H2,21,22,23,24). The molecule has 6 heteroatoms. The van der Waals surface area contributed by atoms with Gasteiger partial charge in [0.15, 0.2) is 0 Å². The van der Waals surface area contributed by atoms with Crippen LogP contribution in [0.3, 0.4) is 0 Å². The molecule has 3 rings (SSSR count). The van der Waals surface area contributed by atoms with Gasteiger partial charge < -0.3 is 15.4 Å². The molecule has 0 radical (unpaired) electrons. The lowest BCUT2D eigenvalue weighted by Crippen LogP contribution is -2.03. The molecule has 3 aromatic rings. The monoisotopic (exact) mass is 398 g/mol. The summed E-state index contributed by atoms with van der Waals surface area (Å²) in [6.07, 6.45) is 0. The van der Waals surface area contributed by atoms with Gasteiger partial charge in [0.25, 0.3) is 0 Å². The minimum atomic E-state index is 0.537. The molecule has 0 fully saturated rings. The number of rotatable bonds is 5. The molecule has 0 amide bonds. The van der Waals surface area contributed by atoms with Crippen molar-refractivity contribution in [3.63, 3.8) is 0 Å². The van der Waals surface area contributed by atoms with Crippen molar-refractivity contribution < 1.29 is 4.74 Å². The third kappa shape index (κ3) is 4.48. The van der Waals surface area contributed by atoms with Crippen molar-refractivity contribution in [1.82, 2.24) is 9.97 Å². The van der Waals surface area contributed by atoms with Crippen LogP contribution in [-0.2, 0) is 0 Å². The van der Waals surface area contributed by atoms with Crippen LogP contribution < -0.4 is 15.4 Å². The molecule has 5 nitrogen and oxygen atoms in total. The fourth-order valence-electron chi connectivity index (χ4n) is 2.38. The largest absolute Gasteiger partial charge is 0.497 e. The minimum absolute atomic E-state index is 0.537. The normalized spacial score (nSPS) is 10.4. The van der Waals surface area contributed by atoms with Crippen molar-refractivity contribution in [2.45, 2.75) is 13.8 Å². The molecule has 0 bridgehead atoms. The predicted molar refractivity (Wildman–Crippen MR) is 105 cm³/mol. The summed E-state index contributed by atoms with van der Waals surface area (Å²) in [6.45, 7) is 3.99. The molecule has 0 saturated heterocycles. The van der Waals surface area contributed by atoms with Crippen molar-refractivity contribution in [2.75, 3.05) is 17.7 Å². The summed E-state index contributed by atoms with van der Waals surface area (Å²) < 4.78 is 6.22. The number of nitrogens with one attached hydrogen (secondary N) is 2. The number of anilines is 4. The Morgan fingerprint density at radius 3 is 2.56 bits per heavy atom. The molecule has 0 aliphatic heterocycles. The quantitative estimate of drug-likeness (QED) is 0.606. The molecule has 0 unspecified atom stereocenters. The molecular formula is C19H19BrN4O. The van der Waals surface area contributed by atoms with E-state index in [1.165, 1.54) is 5.56 Å². The average Bonchev–Trinajstić information content (AvgIpc) is 2.57. The number of benzene rings is 2.